The Morgan fingerprint density at radius 2 is 0.677 bits per heavy atom. The second-order valence-electron chi connectivity index (χ2n) is 18.9. The summed E-state index contributed by atoms with van der Waals surface area (Å²) in [7, 11) is 0. The van der Waals surface area contributed by atoms with Gasteiger partial charge in [-0.2, -0.15) is 0 Å². The zero-order valence-electron chi connectivity index (χ0n) is 41.4. The second-order valence-corrected chi connectivity index (χ2v) is 18.9. The minimum atomic E-state index is -1.29. The number of hydrogen-bond donors (Lipinski definition) is 5. The number of allylic oxidation sites excluding steroid dienone is 6. The topological polar surface area (TPSA) is 110 Å². The van der Waals surface area contributed by atoms with E-state index in [1.54, 1.807) is 0 Å². The lowest BCUT2D eigenvalue weighted by Gasteiger charge is -2.27. The molecule has 0 heterocycles. The molecule has 6 heteroatoms. The predicted octanol–water partition coefficient (Wildman–Crippen LogP) is 15.6. The molecule has 4 unspecified atom stereocenters. The van der Waals surface area contributed by atoms with E-state index in [0.717, 1.165) is 51.4 Å². The van der Waals surface area contributed by atoms with Crippen molar-refractivity contribution in [3.8, 4) is 0 Å². The fourth-order valence-corrected chi connectivity index (χ4v) is 8.50. The van der Waals surface area contributed by atoms with Crippen molar-refractivity contribution in [1.29, 1.82) is 0 Å². The average Bonchev–Trinajstić information content (AvgIpc) is 3.28. The van der Waals surface area contributed by atoms with Gasteiger partial charge in [0.25, 0.3) is 0 Å². The van der Waals surface area contributed by atoms with Crippen LogP contribution < -0.4 is 5.32 Å². The molecule has 366 valence electrons. The first-order valence-corrected chi connectivity index (χ1v) is 27.4. The number of carbonyl (C=O) groups is 1. The van der Waals surface area contributed by atoms with Crippen LogP contribution in [0.2, 0.25) is 0 Å². The van der Waals surface area contributed by atoms with Crippen LogP contribution in [-0.2, 0) is 4.79 Å². The summed E-state index contributed by atoms with van der Waals surface area (Å²) in [5.74, 6) is -0.595. The molecule has 6 nitrogen and oxygen atoms in total. The molecule has 0 spiro atoms. The molecule has 1 amide bonds. The predicted molar refractivity (Wildman–Crippen MR) is 270 cm³/mol. The van der Waals surface area contributed by atoms with Gasteiger partial charge in [0.15, 0.2) is 0 Å². The van der Waals surface area contributed by atoms with Gasteiger partial charge >= 0.3 is 0 Å². The average molecular weight is 874 g/mol. The molecule has 0 aliphatic heterocycles. The molecule has 4 atom stereocenters. The Balaban J connectivity index is 3.70. The Morgan fingerprint density at radius 3 is 1.02 bits per heavy atom. The van der Waals surface area contributed by atoms with Crippen molar-refractivity contribution < 1.29 is 25.2 Å². The van der Waals surface area contributed by atoms with Gasteiger partial charge in [-0.15, -0.1) is 0 Å². The monoisotopic (exact) mass is 874 g/mol. The van der Waals surface area contributed by atoms with Gasteiger partial charge < -0.3 is 25.7 Å². The van der Waals surface area contributed by atoms with Crippen molar-refractivity contribution in [1.82, 2.24) is 5.32 Å². The van der Waals surface area contributed by atoms with Crippen LogP contribution in [0.25, 0.3) is 0 Å². The Morgan fingerprint density at radius 1 is 0.387 bits per heavy atom. The first kappa shape index (κ1) is 60.5. The van der Waals surface area contributed by atoms with Gasteiger partial charge in [0.1, 0.15) is 12.2 Å². The molecule has 0 saturated carbocycles. The quantitative estimate of drug-likeness (QED) is 0.0309. The molecule has 0 saturated heterocycles. The third-order valence-electron chi connectivity index (χ3n) is 12.8. The van der Waals surface area contributed by atoms with Crippen molar-refractivity contribution >= 4 is 5.91 Å². The third kappa shape index (κ3) is 43.8. The Hall–Kier alpha value is -1.47. The first-order chi connectivity index (χ1) is 30.5. The Kier molecular flexibility index (Phi) is 49.3. The molecule has 0 bridgehead atoms. The zero-order chi connectivity index (χ0) is 45.2. The van der Waals surface area contributed by atoms with E-state index in [1.807, 2.05) is 0 Å². The van der Waals surface area contributed by atoms with Crippen LogP contribution in [0.15, 0.2) is 36.5 Å². The maximum absolute atomic E-state index is 12.6. The summed E-state index contributed by atoms with van der Waals surface area (Å²) in [6, 6.07) is -1.01. The second kappa shape index (κ2) is 50.5. The summed E-state index contributed by atoms with van der Waals surface area (Å²) in [6.07, 6.45) is 62.1. The fraction of sp³-hybridized carbons (Fsp3) is 0.875. The molecule has 0 radical (unpaired) electrons. The van der Waals surface area contributed by atoms with Crippen LogP contribution in [-0.4, -0.2) is 57.3 Å². The molecule has 0 rings (SSSR count). The lowest BCUT2D eigenvalue weighted by Crippen LogP contribution is -2.53. The standard InChI is InChI=1S/C56H107NO5/c1-3-5-7-9-11-13-15-17-19-21-23-25-27-28-30-32-34-36-38-40-42-44-46-48-50-54(60)56(62)57-52(51-58)55(61)53(59)49-47-45-43-41-39-37-35-33-31-29-26-24-22-20-18-16-14-12-10-8-6-4-2/h24,26,33,35,41,43,52-55,58-61H,3-23,25,27-32,34,36-40,42,44-51H2,1-2H3,(H,57,62)/b26-24+,35-33+,43-41+. The summed E-state index contributed by atoms with van der Waals surface area (Å²) in [5, 5.41) is 43.9. The molecular weight excluding hydrogens is 767 g/mol. The van der Waals surface area contributed by atoms with Crippen LogP contribution in [0.4, 0.5) is 0 Å². The van der Waals surface area contributed by atoms with Gasteiger partial charge in [-0.05, 0) is 64.2 Å². The molecule has 0 aliphatic carbocycles. The maximum Gasteiger partial charge on any atom is 0.249 e. The van der Waals surface area contributed by atoms with E-state index in [2.05, 4.69) is 55.6 Å². The lowest BCUT2D eigenvalue weighted by molar-refractivity contribution is -0.132. The van der Waals surface area contributed by atoms with Gasteiger partial charge in [0.05, 0.1) is 18.8 Å². The van der Waals surface area contributed by atoms with Crippen molar-refractivity contribution in [2.24, 2.45) is 0 Å². The number of carbonyl (C=O) groups excluding carboxylic acids is 1. The normalized spacial score (nSPS) is 14.1. The van der Waals surface area contributed by atoms with Crippen LogP contribution >= 0.6 is 0 Å². The smallest absolute Gasteiger partial charge is 0.249 e. The summed E-state index contributed by atoms with van der Waals surface area (Å²) < 4.78 is 0. The lowest BCUT2D eigenvalue weighted by atomic mass is 10.00. The van der Waals surface area contributed by atoms with Gasteiger partial charge in [-0.25, -0.2) is 0 Å². The summed E-state index contributed by atoms with van der Waals surface area (Å²) >= 11 is 0. The van der Waals surface area contributed by atoms with Gasteiger partial charge in [-0.1, -0.05) is 256 Å². The Labute approximate surface area is 386 Å². The number of amides is 1. The highest BCUT2D eigenvalue weighted by atomic mass is 16.3. The summed E-state index contributed by atoms with van der Waals surface area (Å²) in [6.45, 7) is 4.06. The molecule has 0 aromatic rings. The van der Waals surface area contributed by atoms with Crippen molar-refractivity contribution in [2.45, 2.75) is 308 Å². The van der Waals surface area contributed by atoms with Crippen molar-refractivity contribution in [2.75, 3.05) is 6.61 Å². The van der Waals surface area contributed by atoms with Crippen LogP contribution in [0, 0.1) is 0 Å². The summed E-state index contributed by atoms with van der Waals surface area (Å²) in [5.41, 5.74) is 0. The van der Waals surface area contributed by atoms with E-state index in [4.69, 9.17) is 0 Å². The number of unbranched alkanes of at least 4 members (excludes halogenated alkanes) is 35. The van der Waals surface area contributed by atoms with E-state index >= 15 is 0 Å². The maximum atomic E-state index is 12.6. The highest BCUT2D eigenvalue weighted by Crippen LogP contribution is 2.17. The van der Waals surface area contributed by atoms with E-state index in [-0.39, 0.29) is 0 Å². The highest BCUT2D eigenvalue weighted by molar-refractivity contribution is 5.80. The minimum Gasteiger partial charge on any atom is -0.394 e. The van der Waals surface area contributed by atoms with E-state index < -0.39 is 36.9 Å². The molecule has 0 fully saturated rings. The minimum absolute atomic E-state index is 0.362. The van der Waals surface area contributed by atoms with Crippen LogP contribution in [0.3, 0.4) is 0 Å². The van der Waals surface area contributed by atoms with Crippen LogP contribution in [0.1, 0.15) is 284 Å². The van der Waals surface area contributed by atoms with Crippen molar-refractivity contribution in [3.05, 3.63) is 36.5 Å². The van der Waals surface area contributed by atoms with Gasteiger partial charge in [0, 0.05) is 0 Å². The van der Waals surface area contributed by atoms with Crippen LogP contribution in [0.5, 0.6) is 0 Å². The summed E-state index contributed by atoms with van der Waals surface area (Å²) in [4.78, 5) is 12.6. The molecule has 62 heavy (non-hydrogen) atoms. The number of aliphatic hydroxyl groups excluding tert-OH is 4. The largest absolute Gasteiger partial charge is 0.394 e. The van der Waals surface area contributed by atoms with Crippen molar-refractivity contribution in [3.63, 3.8) is 0 Å². The van der Waals surface area contributed by atoms with E-state index in [9.17, 15) is 25.2 Å². The fourth-order valence-electron chi connectivity index (χ4n) is 8.50. The number of hydrogen-bond acceptors (Lipinski definition) is 5. The van der Waals surface area contributed by atoms with E-state index in [0.29, 0.717) is 19.3 Å². The zero-order valence-corrected chi connectivity index (χ0v) is 41.4. The SMILES string of the molecule is CCCCCCCCCCC/C=C/CC/C=C/CC/C=C/CCCC(O)C(O)C(CO)NC(=O)C(O)CCCCCCCCCCCCCCCCCCCCCCCCCC. The molecule has 0 aromatic carbocycles. The highest BCUT2D eigenvalue weighted by Gasteiger charge is 2.28. The van der Waals surface area contributed by atoms with E-state index in [1.165, 1.54) is 199 Å². The molecule has 5 N–H and O–H groups in total. The molecule has 0 aliphatic rings. The first-order valence-electron chi connectivity index (χ1n) is 27.4. The Bertz CT molecular complexity index is 981. The number of rotatable bonds is 50. The third-order valence-corrected chi connectivity index (χ3v) is 12.8. The molecular formula is C56H107NO5. The number of aliphatic hydroxyl groups is 4. The van der Waals surface area contributed by atoms with Gasteiger partial charge in [-0.3, -0.25) is 4.79 Å². The van der Waals surface area contributed by atoms with Gasteiger partial charge in [0.2, 0.25) is 5.91 Å². The number of nitrogens with one attached hydrogen (secondary N) is 1. The molecule has 0 aromatic heterocycles.